The molecular formula is C12H19NO3. The number of benzene rings is 1. The molecule has 4 heteroatoms. The minimum absolute atomic E-state index is 0.162. The molecule has 0 bridgehead atoms. The maximum atomic E-state index is 9.16. The molecule has 1 unspecified atom stereocenters. The summed E-state index contributed by atoms with van der Waals surface area (Å²) < 4.78 is 5.50. The van der Waals surface area contributed by atoms with Gasteiger partial charge in [-0.15, -0.1) is 0 Å². The SMILES string of the molecule is CC(C)Oc1ccc(NCC(O)CO)cc1. The largest absolute Gasteiger partial charge is 0.491 e. The Kier molecular flexibility index (Phi) is 5.08. The first kappa shape index (κ1) is 12.8. The van der Waals surface area contributed by atoms with Crippen molar-refractivity contribution in [2.45, 2.75) is 26.1 Å². The van der Waals surface area contributed by atoms with E-state index in [2.05, 4.69) is 5.32 Å². The van der Waals surface area contributed by atoms with Crippen LogP contribution in [-0.4, -0.2) is 35.6 Å². The number of rotatable bonds is 6. The molecule has 1 rings (SSSR count). The van der Waals surface area contributed by atoms with Crippen molar-refractivity contribution in [3.63, 3.8) is 0 Å². The minimum atomic E-state index is -0.730. The summed E-state index contributed by atoms with van der Waals surface area (Å²) >= 11 is 0. The summed E-state index contributed by atoms with van der Waals surface area (Å²) in [5, 5.41) is 20.8. The minimum Gasteiger partial charge on any atom is -0.491 e. The van der Waals surface area contributed by atoms with Gasteiger partial charge in [0, 0.05) is 12.2 Å². The predicted molar refractivity (Wildman–Crippen MR) is 63.8 cm³/mol. The molecule has 1 atom stereocenters. The fourth-order valence-electron chi connectivity index (χ4n) is 1.22. The van der Waals surface area contributed by atoms with E-state index in [0.29, 0.717) is 6.54 Å². The van der Waals surface area contributed by atoms with Crippen LogP contribution < -0.4 is 10.1 Å². The summed E-state index contributed by atoms with van der Waals surface area (Å²) in [6.07, 6.45) is -0.568. The number of anilines is 1. The van der Waals surface area contributed by atoms with Crippen LogP contribution in [-0.2, 0) is 0 Å². The van der Waals surface area contributed by atoms with E-state index in [1.165, 1.54) is 0 Å². The monoisotopic (exact) mass is 225 g/mol. The fourth-order valence-corrected chi connectivity index (χ4v) is 1.22. The highest BCUT2D eigenvalue weighted by atomic mass is 16.5. The maximum absolute atomic E-state index is 9.16. The lowest BCUT2D eigenvalue weighted by molar-refractivity contribution is 0.105. The summed E-state index contributed by atoms with van der Waals surface area (Å²) in [6.45, 7) is 4.05. The van der Waals surface area contributed by atoms with Gasteiger partial charge in [-0.1, -0.05) is 0 Å². The molecule has 0 aliphatic rings. The molecule has 0 amide bonds. The van der Waals surface area contributed by atoms with Crippen molar-refractivity contribution in [3.8, 4) is 5.75 Å². The van der Waals surface area contributed by atoms with Crippen molar-refractivity contribution >= 4 is 5.69 Å². The van der Waals surface area contributed by atoms with Gasteiger partial charge in [-0.05, 0) is 38.1 Å². The zero-order valence-corrected chi connectivity index (χ0v) is 9.68. The van der Waals surface area contributed by atoms with Crippen LogP contribution in [0.2, 0.25) is 0 Å². The lowest BCUT2D eigenvalue weighted by Gasteiger charge is -2.12. The predicted octanol–water partition coefficient (Wildman–Crippen LogP) is 1.24. The van der Waals surface area contributed by atoms with Gasteiger partial charge in [-0.25, -0.2) is 0 Å². The molecule has 90 valence electrons. The van der Waals surface area contributed by atoms with Crippen LogP contribution in [0.1, 0.15) is 13.8 Å². The Balaban J connectivity index is 2.45. The molecule has 0 saturated carbocycles. The molecule has 0 aliphatic carbocycles. The zero-order valence-electron chi connectivity index (χ0n) is 9.68. The molecule has 0 fully saturated rings. The Morgan fingerprint density at radius 2 is 1.88 bits per heavy atom. The van der Waals surface area contributed by atoms with Crippen molar-refractivity contribution in [1.82, 2.24) is 0 Å². The lowest BCUT2D eigenvalue weighted by atomic mass is 10.3. The van der Waals surface area contributed by atoms with Crippen molar-refractivity contribution < 1.29 is 14.9 Å². The van der Waals surface area contributed by atoms with Gasteiger partial charge in [0.25, 0.3) is 0 Å². The van der Waals surface area contributed by atoms with Crippen LogP contribution in [0, 0.1) is 0 Å². The summed E-state index contributed by atoms with van der Waals surface area (Å²) in [7, 11) is 0. The van der Waals surface area contributed by atoms with Gasteiger partial charge in [0.05, 0.1) is 18.8 Å². The first-order chi connectivity index (χ1) is 7.61. The Hall–Kier alpha value is -1.26. The quantitative estimate of drug-likeness (QED) is 0.681. The van der Waals surface area contributed by atoms with E-state index in [0.717, 1.165) is 11.4 Å². The van der Waals surface area contributed by atoms with Crippen LogP contribution >= 0.6 is 0 Å². The normalized spacial score (nSPS) is 12.6. The van der Waals surface area contributed by atoms with E-state index in [1.54, 1.807) is 0 Å². The fraction of sp³-hybridized carbons (Fsp3) is 0.500. The van der Waals surface area contributed by atoms with Gasteiger partial charge in [0.2, 0.25) is 0 Å². The number of hydrogen-bond donors (Lipinski definition) is 3. The first-order valence-corrected chi connectivity index (χ1v) is 5.41. The molecule has 16 heavy (non-hydrogen) atoms. The molecule has 3 N–H and O–H groups in total. The highest BCUT2D eigenvalue weighted by Gasteiger charge is 2.01. The summed E-state index contributed by atoms with van der Waals surface area (Å²) in [5.41, 5.74) is 0.892. The smallest absolute Gasteiger partial charge is 0.119 e. The second kappa shape index (κ2) is 6.35. The van der Waals surface area contributed by atoms with Crippen molar-refractivity contribution in [3.05, 3.63) is 24.3 Å². The molecule has 0 aliphatic heterocycles. The molecule has 1 aromatic carbocycles. The zero-order chi connectivity index (χ0) is 12.0. The molecule has 4 nitrogen and oxygen atoms in total. The van der Waals surface area contributed by atoms with E-state index in [9.17, 15) is 0 Å². The number of ether oxygens (including phenoxy) is 1. The standard InChI is InChI=1S/C12H19NO3/c1-9(2)16-12-5-3-10(4-6-12)13-7-11(15)8-14/h3-6,9,11,13-15H,7-8H2,1-2H3. The van der Waals surface area contributed by atoms with Gasteiger partial charge >= 0.3 is 0 Å². The van der Waals surface area contributed by atoms with E-state index >= 15 is 0 Å². The van der Waals surface area contributed by atoms with Crippen molar-refractivity contribution in [1.29, 1.82) is 0 Å². The second-order valence-electron chi connectivity index (χ2n) is 3.91. The van der Waals surface area contributed by atoms with E-state index in [4.69, 9.17) is 14.9 Å². The Morgan fingerprint density at radius 3 is 2.38 bits per heavy atom. The van der Waals surface area contributed by atoms with Gasteiger partial charge < -0.3 is 20.3 Å². The molecule has 0 heterocycles. The molecule has 1 aromatic rings. The first-order valence-electron chi connectivity index (χ1n) is 5.41. The highest BCUT2D eigenvalue weighted by molar-refractivity contribution is 5.46. The van der Waals surface area contributed by atoms with Gasteiger partial charge in [0.1, 0.15) is 5.75 Å². The van der Waals surface area contributed by atoms with E-state index in [-0.39, 0.29) is 12.7 Å². The highest BCUT2D eigenvalue weighted by Crippen LogP contribution is 2.16. The number of aliphatic hydroxyl groups excluding tert-OH is 2. The number of aliphatic hydroxyl groups is 2. The third kappa shape index (κ3) is 4.51. The van der Waals surface area contributed by atoms with Crippen molar-refractivity contribution in [2.75, 3.05) is 18.5 Å². The third-order valence-electron chi connectivity index (χ3n) is 1.98. The number of nitrogens with one attached hydrogen (secondary N) is 1. The molecule has 0 radical (unpaired) electrons. The molecule has 0 saturated heterocycles. The Labute approximate surface area is 95.9 Å². The third-order valence-corrected chi connectivity index (χ3v) is 1.98. The van der Waals surface area contributed by atoms with Gasteiger partial charge in [-0.2, -0.15) is 0 Å². The van der Waals surface area contributed by atoms with Crippen LogP contribution in [0.25, 0.3) is 0 Å². The molecular weight excluding hydrogens is 206 g/mol. The van der Waals surface area contributed by atoms with Crippen molar-refractivity contribution in [2.24, 2.45) is 0 Å². The molecule has 0 spiro atoms. The average molecular weight is 225 g/mol. The van der Waals surface area contributed by atoms with Gasteiger partial charge in [0.15, 0.2) is 0 Å². The maximum Gasteiger partial charge on any atom is 0.119 e. The lowest BCUT2D eigenvalue weighted by Crippen LogP contribution is -2.22. The molecule has 0 aromatic heterocycles. The van der Waals surface area contributed by atoms with Crippen LogP contribution in [0.5, 0.6) is 5.75 Å². The Morgan fingerprint density at radius 1 is 1.25 bits per heavy atom. The Bertz CT molecular complexity index is 298. The van der Waals surface area contributed by atoms with Crippen LogP contribution in [0.4, 0.5) is 5.69 Å². The summed E-state index contributed by atoms with van der Waals surface area (Å²) in [5.74, 6) is 0.822. The van der Waals surface area contributed by atoms with Crippen LogP contribution in [0.15, 0.2) is 24.3 Å². The summed E-state index contributed by atoms with van der Waals surface area (Å²) in [6, 6.07) is 7.49. The summed E-state index contributed by atoms with van der Waals surface area (Å²) in [4.78, 5) is 0. The van der Waals surface area contributed by atoms with E-state index in [1.807, 2.05) is 38.1 Å². The van der Waals surface area contributed by atoms with E-state index < -0.39 is 6.10 Å². The number of hydrogen-bond acceptors (Lipinski definition) is 4. The van der Waals surface area contributed by atoms with Crippen LogP contribution in [0.3, 0.4) is 0 Å². The average Bonchev–Trinajstić information content (AvgIpc) is 2.27. The van der Waals surface area contributed by atoms with Gasteiger partial charge in [-0.3, -0.25) is 0 Å². The topological polar surface area (TPSA) is 61.7 Å². The second-order valence-corrected chi connectivity index (χ2v) is 3.91.